The molecule has 0 aliphatic heterocycles. The Balaban J connectivity index is 2.01. The fourth-order valence-corrected chi connectivity index (χ4v) is 2.98. The second kappa shape index (κ2) is 8.75. The second-order valence-electron chi connectivity index (χ2n) is 4.61. The summed E-state index contributed by atoms with van der Waals surface area (Å²) < 4.78 is 0. The Morgan fingerprint density at radius 2 is 1.71 bits per heavy atom. The zero-order valence-electron chi connectivity index (χ0n) is 11.7. The Morgan fingerprint density at radius 3 is 2.48 bits per heavy atom. The average molecular weight is 320 g/mol. The van der Waals surface area contributed by atoms with Crippen molar-refractivity contribution < 1.29 is 4.79 Å². The summed E-state index contributed by atoms with van der Waals surface area (Å²) >= 11 is 7.27. The molecule has 2 aromatic rings. The zero-order chi connectivity index (χ0) is 14.9. The highest BCUT2D eigenvalue weighted by Crippen LogP contribution is 2.33. The summed E-state index contributed by atoms with van der Waals surface area (Å²) in [5, 5.41) is 2.99. The van der Waals surface area contributed by atoms with Crippen LogP contribution in [-0.2, 0) is 4.79 Å². The molecule has 1 amide bonds. The Bertz CT molecular complexity index is 574. The molecule has 0 aromatic heterocycles. The van der Waals surface area contributed by atoms with Gasteiger partial charge in [0.25, 0.3) is 0 Å². The van der Waals surface area contributed by atoms with E-state index in [1.54, 1.807) is 11.8 Å². The first-order valence-electron chi connectivity index (χ1n) is 6.97. The number of carbonyl (C=O) groups excluding carboxylic acids is 1. The zero-order valence-corrected chi connectivity index (χ0v) is 13.3. The SMILES string of the molecule is O=C(CCCCCl)Nc1ccccc1Sc1ccccc1. The van der Waals surface area contributed by atoms with Crippen molar-refractivity contribution in [3.05, 3.63) is 54.6 Å². The average Bonchev–Trinajstić information content (AvgIpc) is 2.51. The smallest absolute Gasteiger partial charge is 0.224 e. The Kier molecular flexibility index (Phi) is 6.64. The summed E-state index contributed by atoms with van der Waals surface area (Å²) in [5.41, 5.74) is 0.863. The van der Waals surface area contributed by atoms with Crippen LogP contribution in [0.1, 0.15) is 19.3 Å². The fraction of sp³-hybridized carbons (Fsp3) is 0.235. The van der Waals surface area contributed by atoms with Crippen LogP contribution in [0, 0.1) is 0 Å². The molecule has 0 saturated carbocycles. The predicted octanol–water partition coefficient (Wildman–Crippen LogP) is 5.19. The summed E-state index contributed by atoms with van der Waals surface area (Å²) in [6, 6.07) is 18.0. The van der Waals surface area contributed by atoms with E-state index in [-0.39, 0.29) is 5.91 Å². The fourth-order valence-electron chi connectivity index (χ4n) is 1.87. The van der Waals surface area contributed by atoms with E-state index in [0.29, 0.717) is 12.3 Å². The van der Waals surface area contributed by atoms with Gasteiger partial charge in [-0.05, 0) is 37.1 Å². The number of para-hydroxylation sites is 1. The molecular weight excluding hydrogens is 302 g/mol. The highest BCUT2D eigenvalue weighted by molar-refractivity contribution is 7.99. The molecule has 0 spiro atoms. The van der Waals surface area contributed by atoms with E-state index in [2.05, 4.69) is 17.4 Å². The van der Waals surface area contributed by atoms with Crippen molar-refractivity contribution in [2.24, 2.45) is 0 Å². The highest BCUT2D eigenvalue weighted by atomic mass is 35.5. The van der Waals surface area contributed by atoms with Gasteiger partial charge in [-0.1, -0.05) is 42.1 Å². The molecule has 0 saturated heterocycles. The van der Waals surface area contributed by atoms with Gasteiger partial charge in [-0.25, -0.2) is 0 Å². The van der Waals surface area contributed by atoms with E-state index >= 15 is 0 Å². The van der Waals surface area contributed by atoms with Crippen LogP contribution >= 0.6 is 23.4 Å². The van der Waals surface area contributed by atoms with Crippen LogP contribution in [0.4, 0.5) is 5.69 Å². The van der Waals surface area contributed by atoms with Crippen LogP contribution in [0.3, 0.4) is 0 Å². The minimum atomic E-state index is 0.0428. The van der Waals surface area contributed by atoms with Crippen LogP contribution in [0.5, 0.6) is 0 Å². The van der Waals surface area contributed by atoms with Gasteiger partial charge in [0.15, 0.2) is 0 Å². The van der Waals surface area contributed by atoms with Crippen molar-refractivity contribution in [2.75, 3.05) is 11.2 Å². The molecule has 21 heavy (non-hydrogen) atoms. The summed E-state index contributed by atoms with van der Waals surface area (Å²) in [4.78, 5) is 14.1. The topological polar surface area (TPSA) is 29.1 Å². The number of nitrogens with one attached hydrogen (secondary N) is 1. The summed E-state index contributed by atoms with van der Waals surface area (Å²) in [6.45, 7) is 0. The van der Waals surface area contributed by atoms with E-state index in [9.17, 15) is 4.79 Å². The van der Waals surface area contributed by atoms with Crippen molar-refractivity contribution in [3.8, 4) is 0 Å². The van der Waals surface area contributed by atoms with Gasteiger partial charge in [-0.15, -0.1) is 11.6 Å². The van der Waals surface area contributed by atoms with Crippen molar-refractivity contribution in [2.45, 2.75) is 29.1 Å². The first kappa shape index (κ1) is 15.9. The molecule has 0 unspecified atom stereocenters. The Hall–Kier alpha value is -1.45. The van der Waals surface area contributed by atoms with Crippen LogP contribution < -0.4 is 5.32 Å². The molecule has 110 valence electrons. The molecule has 2 nitrogen and oxygen atoms in total. The molecule has 0 aliphatic rings. The number of benzene rings is 2. The minimum Gasteiger partial charge on any atom is -0.325 e. The van der Waals surface area contributed by atoms with Gasteiger partial charge in [0.2, 0.25) is 5.91 Å². The van der Waals surface area contributed by atoms with Gasteiger partial charge in [0.1, 0.15) is 0 Å². The third-order valence-corrected chi connectivity index (χ3v) is 4.27. The third-order valence-electron chi connectivity index (χ3n) is 2.92. The molecule has 2 rings (SSSR count). The van der Waals surface area contributed by atoms with Gasteiger partial charge < -0.3 is 5.32 Å². The third kappa shape index (κ3) is 5.44. The van der Waals surface area contributed by atoms with E-state index in [0.717, 1.165) is 28.3 Å². The van der Waals surface area contributed by atoms with Crippen LogP contribution in [0.25, 0.3) is 0 Å². The number of alkyl halides is 1. The maximum atomic E-state index is 11.9. The summed E-state index contributed by atoms with van der Waals surface area (Å²) in [5.74, 6) is 0.648. The number of amides is 1. The number of hydrogen-bond donors (Lipinski definition) is 1. The molecule has 0 fully saturated rings. The van der Waals surface area contributed by atoms with Gasteiger partial charge in [0, 0.05) is 22.1 Å². The number of hydrogen-bond acceptors (Lipinski definition) is 2. The van der Waals surface area contributed by atoms with E-state index in [4.69, 9.17) is 11.6 Å². The van der Waals surface area contributed by atoms with Crippen LogP contribution in [0.2, 0.25) is 0 Å². The largest absolute Gasteiger partial charge is 0.325 e. The predicted molar refractivity (Wildman–Crippen MR) is 90.2 cm³/mol. The first-order chi connectivity index (χ1) is 10.3. The lowest BCUT2D eigenvalue weighted by Crippen LogP contribution is -2.11. The molecule has 0 heterocycles. The standard InChI is InChI=1S/C17H18ClNOS/c18-13-7-6-12-17(20)19-15-10-4-5-11-16(15)21-14-8-2-1-3-9-14/h1-5,8-11H,6-7,12-13H2,(H,19,20). The lowest BCUT2D eigenvalue weighted by Gasteiger charge is -2.10. The second-order valence-corrected chi connectivity index (χ2v) is 6.10. The Morgan fingerprint density at radius 1 is 1.00 bits per heavy atom. The van der Waals surface area contributed by atoms with Crippen molar-refractivity contribution in [1.82, 2.24) is 0 Å². The minimum absolute atomic E-state index is 0.0428. The van der Waals surface area contributed by atoms with Gasteiger partial charge in [-0.3, -0.25) is 4.79 Å². The maximum absolute atomic E-state index is 11.9. The molecule has 0 bridgehead atoms. The molecule has 1 N–H and O–H groups in total. The maximum Gasteiger partial charge on any atom is 0.224 e. The number of unbranched alkanes of at least 4 members (excludes halogenated alkanes) is 1. The molecule has 0 atom stereocenters. The Labute approximate surface area is 134 Å². The van der Waals surface area contributed by atoms with Crippen LogP contribution in [0.15, 0.2) is 64.4 Å². The van der Waals surface area contributed by atoms with Gasteiger partial charge in [-0.2, -0.15) is 0 Å². The van der Waals surface area contributed by atoms with Gasteiger partial charge >= 0.3 is 0 Å². The molecule has 2 aromatic carbocycles. The molecule has 4 heteroatoms. The molecular formula is C17H18ClNOS. The van der Waals surface area contributed by atoms with Gasteiger partial charge in [0.05, 0.1) is 5.69 Å². The van der Waals surface area contributed by atoms with Crippen molar-refractivity contribution in [1.29, 1.82) is 0 Å². The summed E-state index contributed by atoms with van der Waals surface area (Å²) in [6.07, 6.45) is 2.20. The lowest BCUT2D eigenvalue weighted by atomic mass is 10.2. The highest BCUT2D eigenvalue weighted by Gasteiger charge is 2.07. The number of carbonyl (C=O) groups is 1. The number of rotatable bonds is 7. The van der Waals surface area contributed by atoms with Crippen molar-refractivity contribution >= 4 is 35.0 Å². The van der Waals surface area contributed by atoms with E-state index in [1.807, 2.05) is 42.5 Å². The normalized spacial score (nSPS) is 10.3. The van der Waals surface area contributed by atoms with Crippen molar-refractivity contribution in [3.63, 3.8) is 0 Å². The quantitative estimate of drug-likeness (QED) is 0.562. The van der Waals surface area contributed by atoms with Crippen LogP contribution in [-0.4, -0.2) is 11.8 Å². The first-order valence-corrected chi connectivity index (χ1v) is 8.32. The van der Waals surface area contributed by atoms with E-state index < -0.39 is 0 Å². The number of halogens is 1. The number of anilines is 1. The summed E-state index contributed by atoms with van der Waals surface area (Å²) in [7, 11) is 0. The lowest BCUT2D eigenvalue weighted by molar-refractivity contribution is -0.116. The molecule has 0 radical (unpaired) electrons. The monoisotopic (exact) mass is 319 g/mol. The van der Waals surface area contributed by atoms with E-state index in [1.165, 1.54) is 0 Å². The molecule has 0 aliphatic carbocycles.